The summed E-state index contributed by atoms with van der Waals surface area (Å²) >= 11 is 0. The smallest absolute Gasteiger partial charge is 0 e. The molecule has 0 aromatic heterocycles. The van der Waals surface area contributed by atoms with Gasteiger partial charge in [0.05, 0.1) is 0 Å². The average Bonchev–Trinajstić information content (AvgIpc) is 1.77. The van der Waals surface area contributed by atoms with Crippen LogP contribution >= 0.6 is 0 Å². The minimum absolute atomic E-state index is 0. The molecular formula is C8H10Ru. The van der Waals surface area contributed by atoms with Crippen molar-refractivity contribution in [3.05, 3.63) is 35.4 Å². The van der Waals surface area contributed by atoms with Crippen molar-refractivity contribution in [2.75, 3.05) is 0 Å². The molecule has 0 N–H and O–H groups in total. The number of benzene rings is 1. The first-order valence-corrected chi connectivity index (χ1v) is 2.83. The quantitative estimate of drug-likeness (QED) is 0.573. The average molecular weight is 207 g/mol. The van der Waals surface area contributed by atoms with Crippen molar-refractivity contribution in [1.82, 2.24) is 0 Å². The Kier molecular flexibility index (Phi) is 3.73. The summed E-state index contributed by atoms with van der Waals surface area (Å²) in [5, 5.41) is 0. The van der Waals surface area contributed by atoms with Crippen molar-refractivity contribution in [2.45, 2.75) is 13.8 Å². The minimum Gasteiger partial charge on any atom is -0.0620 e. The van der Waals surface area contributed by atoms with Gasteiger partial charge in [-0.05, 0) is 25.0 Å². The molecule has 0 bridgehead atoms. The van der Waals surface area contributed by atoms with E-state index in [4.69, 9.17) is 0 Å². The summed E-state index contributed by atoms with van der Waals surface area (Å²) in [6, 6.07) is 8.36. The Bertz CT molecular complexity index is 161. The maximum absolute atomic E-state index is 2.12. The van der Waals surface area contributed by atoms with Crippen LogP contribution in [0.3, 0.4) is 0 Å². The summed E-state index contributed by atoms with van der Waals surface area (Å²) < 4.78 is 0. The van der Waals surface area contributed by atoms with Crippen LogP contribution in [0.25, 0.3) is 0 Å². The summed E-state index contributed by atoms with van der Waals surface area (Å²) in [5.41, 5.74) is 2.74. The Morgan fingerprint density at radius 2 is 1.22 bits per heavy atom. The molecule has 1 aromatic carbocycles. The van der Waals surface area contributed by atoms with Gasteiger partial charge >= 0.3 is 0 Å². The van der Waals surface area contributed by atoms with E-state index < -0.39 is 0 Å². The summed E-state index contributed by atoms with van der Waals surface area (Å²) in [6.07, 6.45) is 0. The molecule has 0 radical (unpaired) electrons. The van der Waals surface area contributed by atoms with E-state index in [1.54, 1.807) is 0 Å². The van der Waals surface area contributed by atoms with Gasteiger partial charge in [0.1, 0.15) is 0 Å². The van der Waals surface area contributed by atoms with Gasteiger partial charge in [-0.1, -0.05) is 24.3 Å². The van der Waals surface area contributed by atoms with E-state index in [0.29, 0.717) is 0 Å². The zero-order valence-electron chi connectivity index (χ0n) is 5.66. The van der Waals surface area contributed by atoms with E-state index in [1.807, 2.05) is 0 Å². The fourth-order valence-corrected chi connectivity index (χ4v) is 0.663. The van der Waals surface area contributed by atoms with Crippen molar-refractivity contribution in [2.24, 2.45) is 0 Å². The zero-order chi connectivity index (χ0) is 5.98. The van der Waals surface area contributed by atoms with E-state index in [2.05, 4.69) is 38.1 Å². The fraction of sp³-hybridized carbons (Fsp3) is 0.250. The Balaban J connectivity index is 0.000000640. The molecule has 0 aliphatic rings. The number of aryl methyl sites for hydroxylation is 2. The van der Waals surface area contributed by atoms with Gasteiger partial charge < -0.3 is 0 Å². The second kappa shape index (κ2) is 3.79. The first kappa shape index (κ1) is 8.84. The Labute approximate surface area is 69.0 Å². The van der Waals surface area contributed by atoms with Crippen LogP contribution in [0.2, 0.25) is 0 Å². The third-order valence-corrected chi connectivity index (χ3v) is 1.43. The maximum Gasteiger partial charge on any atom is 0 e. The molecule has 0 atom stereocenters. The Morgan fingerprint density at radius 3 is 1.44 bits per heavy atom. The topological polar surface area (TPSA) is 0 Å². The molecule has 9 heavy (non-hydrogen) atoms. The molecule has 0 spiro atoms. The maximum atomic E-state index is 2.12. The SMILES string of the molecule is Cc1ccccc1C.[Ru]. The second-order valence-corrected chi connectivity index (χ2v) is 2.08. The predicted molar refractivity (Wildman–Crippen MR) is 35.9 cm³/mol. The van der Waals surface area contributed by atoms with Gasteiger partial charge in [0.15, 0.2) is 0 Å². The molecule has 0 amide bonds. The fourth-order valence-electron chi connectivity index (χ4n) is 0.663. The molecule has 0 aliphatic heterocycles. The number of hydrogen-bond acceptors (Lipinski definition) is 0. The van der Waals surface area contributed by atoms with Crippen molar-refractivity contribution in [3.63, 3.8) is 0 Å². The summed E-state index contributed by atoms with van der Waals surface area (Å²) in [5.74, 6) is 0. The van der Waals surface area contributed by atoms with Crippen LogP contribution in [0.5, 0.6) is 0 Å². The van der Waals surface area contributed by atoms with Crippen LogP contribution in [-0.4, -0.2) is 0 Å². The molecule has 0 saturated heterocycles. The third kappa shape index (κ3) is 2.28. The van der Waals surface area contributed by atoms with Crippen molar-refractivity contribution < 1.29 is 19.5 Å². The first-order chi connectivity index (χ1) is 3.80. The van der Waals surface area contributed by atoms with E-state index in [9.17, 15) is 0 Å². The van der Waals surface area contributed by atoms with Crippen LogP contribution in [0.4, 0.5) is 0 Å². The van der Waals surface area contributed by atoms with Crippen molar-refractivity contribution in [1.29, 1.82) is 0 Å². The second-order valence-electron chi connectivity index (χ2n) is 2.08. The van der Waals surface area contributed by atoms with Gasteiger partial charge in [0, 0.05) is 19.5 Å². The van der Waals surface area contributed by atoms with E-state index >= 15 is 0 Å². The van der Waals surface area contributed by atoms with Gasteiger partial charge in [-0.15, -0.1) is 0 Å². The van der Waals surface area contributed by atoms with E-state index in [1.165, 1.54) is 11.1 Å². The van der Waals surface area contributed by atoms with Gasteiger partial charge in [-0.25, -0.2) is 0 Å². The van der Waals surface area contributed by atoms with Crippen LogP contribution in [0.15, 0.2) is 24.3 Å². The zero-order valence-corrected chi connectivity index (χ0v) is 7.40. The van der Waals surface area contributed by atoms with Crippen molar-refractivity contribution in [3.8, 4) is 0 Å². The molecule has 0 heterocycles. The summed E-state index contributed by atoms with van der Waals surface area (Å²) in [7, 11) is 0. The Hall–Kier alpha value is -0.157. The standard InChI is InChI=1S/C8H10.Ru/c1-7-5-3-4-6-8(7)2;/h3-6H,1-2H3;. The Morgan fingerprint density at radius 1 is 0.889 bits per heavy atom. The van der Waals surface area contributed by atoms with Gasteiger partial charge in [-0.3, -0.25) is 0 Å². The normalized spacial score (nSPS) is 8.22. The van der Waals surface area contributed by atoms with Crippen LogP contribution in [-0.2, 0) is 19.5 Å². The van der Waals surface area contributed by atoms with Crippen LogP contribution < -0.4 is 0 Å². The third-order valence-electron chi connectivity index (χ3n) is 1.43. The minimum atomic E-state index is 0. The van der Waals surface area contributed by atoms with Gasteiger partial charge in [-0.2, -0.15) is 0 Å². The number of rotatable bonds is 0. The summed E-state index contributed by atoms with van der Waals surface area (Å²) in [4.78, 5) is 0. The molecular weight excluding hydrogens is 197 g/mol. The molecule has 0 nitrogen and oxygen atoms in total. The van der Waals surface area contributed by atoms with Crippen LogP contribution in [0.1, 0.15) is 11.1 Å². The van der Waals surface area contributed by atoms with Gasteiger partial charge in [0.25, 0.3) is 0 Å². The van der Waals surface area contributed by atoms with E-state index in [-0.39, 0.29) is 19.5 Å². The molecule has 0 fully saturated rings. The van der Waals surface area contributed by atoms with Gasteiger partial charge in [0.2, 0.25) is 0 Å². The molecule has 1 aromatic rings. The largest absolute Gasteiger partial charge is 0.0620 e. The molecule has 0 unspecified atom stereocenters. The number of hydrogen-bond donors (Lipinski definition) is 0. The molecule has 0 aliphatic carbocycles. The van der Waals surface area contributed by atoms with E-state index in [0.717, 1.165) is 0 Å². The van der Waals surface area contributed by atoms with Crippen LogP contribution in [0, 0.1) is 13.8 Å². The predicted octanol–water partition coefficient (Wildman–Crippen LogP) is 2.30. The monoisotopic (exact) mass is 208 g/mol. The molecule has 0 saturated carbocycles. The van der Waals surface area contributed by atoms with Crippen molar-refractivity contribution >= 4 is 0 Å². The molecule has 1 heteroatoms. The molecule has 1 rings (SSSR count). The molecule has 50 valence electrons. The summed E-state index contributed by atoms with van der Waals surface area (Å²) in [6.45, 7) is 4.24. The first-order valence-electron chi connectivity index (χ1n) is 2.83.